The number of hydrogen-bond acceptors (Lipinski definition) is 2. The highest BCUT2D eigenvalue weighted by Gasteiger charge is 2.12. The second kappa shape index (κ2) is 4.60. The van der Waals surface area contributed by atoms with Crippen molar-refractivity contribution in [3.63, 3.8) is 0 Å². The first-order chi connectivity index (χ1) is 7.24. The number of nitrogens with zero attached hydrogens (tertiary/aromatic N) is 1. The van der Waals surface area contributed by atoms with Crippen LogP contribution >= 0.6 is 0 Å². The molecule has 0 fully saturated rings. The molecule has 0 bridgehead atoms. The van der Waals surface area contributed by atoms with Crippen molar-refractivity contribution in [2.45, 2.75) is 19.6 Å². The fraction of sp³-hybridized carbons (Fsp3) is 0.385. The second-order valence-corrected chi connectivity index (χ2v) is 4.18. The van der Waals surface area contributed by atoms with Gasteiger partial charge in [-0.2, -0.15) is 0 Å². The molecule has 1 aromatic rings. The highest BCUT2D eigenvalue weighted by molar-refractivity contribution is 5.21. The number of benzene rings is 1. The van der Waals surface area contributed by atoms with Gasteiger partial charge >= 0.3 is 0 Å². The molecule has 1 aliphatic heterocycles. The van der Waals surface area contributed by atoms with Gasteiger partial charge in [0.2, 0.25) is 0 Å². The molecule has 0 saturated heterocycles. The minimum absolute atomic E-state index is 0.302. The van der Waals surface area contributed by atoms with Crippen molar-refractivity contribution in [2.24, 2.45) is 0 Å². The third kappa shape index (κ3) is 2.91. The average molecular weight is 203 g/mol. The highest BCUT2D eigenvalue weighted by Crippen LogP contribution is 2.10. The first-order valence-electron chi connectivity index (χ1n) is 5.36. The van der Waals surface area contributed by atoms with E-state index in [9.17, 15) is 5.11 Å². The molecule has 0 aromatic heterocycles. The summed E-state index contributed by atoms with van der Waals surface area (Å²) in [6, 6.07) is 8.57. The lowest BCUT2D eigenvalue weighted by Crippen LogP contribution is -2.34. The predicted molar refractivity (Wildman–Crippen MR) is 61.6 cm³/mol. The maximum Gasteiger partial charge on any atom is 0.0848 e. The summed E-state index contributed by atoms with van der Waals surface area (Å²) in [6.45, 7) is 4.69. The number of aryl methyl sites for hydroxylation is 1. The molecule has 0 unspecified atom stereocenters. The zero-order valence-electron chi connectivity index (χ0n) is 9.06. The molecule has 0 aliphatic carbocycles. The van der Waals surface area contributed by atoms with Crippen LogP contribution < -0.4 is 0 Å². The van der Waals surface area contributed by atoms with Gasteiger partial charge in [0, 0.05) is 19.6 Å². The molecule has 0 saturated carbocycles. The normalized spacial score (nSPS) is 21.9. The van der Waals surface area contributed by atoms with E-state index in [4.69, 9.17) is 0 Å². The third-order valence-electron chi connectivity index (χ3n) is 2.69. The first-order valence-corrected chi connectivity index (χ1v) is 5.36. The van der Waals surface area contributed by atoms with E-state index >= 15 is 0 Å². The summed E-state index contributed by atoms with van der Waals surface area (Å²) in [4.78, 5) is 2.25. The molecule has 15 heavy (non-hydrogen) atoms. The third-order valence-corrected chi connectivity index (χ3v) is 2.69. The number of hydrogen-bond donors (Lipinski definition) is 1. The van der Waals surface area contributed by atoms with E-state index in [1.165, 1.54) is 11.1 Å². The van der Waals surface area contributed by atoms with Crippen molar-refractivity contribution < 1.29 is 5.11 Å². The van der Waals surface area contributed by atoms with Crippen molar-refractivity contribution in [3.8, 4) is 0 Å². The van der Waals surface area contributed by atoms with Crippen LogP contribution in [0.3, 0.4) is 0 Å². The fourth-order valence-corrected chi connectivity index (χ4v) is 1.85. The SMILES string of the molecule is Cc1ccc(CN2CC=C[C@H](O)C2)cc1. The van der Waals surface area contributed by atoms with E-state index in [0.29, 0.717) is 0 Å². The van der Waals surface area contributed by atoms with Crippen molar-refractivity contribution in [1.29, 1.82) is 0 Å². The highest BCUT2D eigenvalue weighted by atomic mass is 16.3. The molecule has 0 radical (unpaired) electrons. The van der Waals surface area contributed by atoms with Crippen molar-refractivity contribution in [2.75, 3.05) is 13.1 Å². The monoisotopic (exact) mass is 203 g/mol. The Hall–Kier alpha value is -1.12. The fourth-order valence-electron chi connectivity index (χ4n) is 1.85. The Morgan fingerprint density at radius 3 is 2.73 bits per heavy atom. The zero-order chi connectivity index (χ0) is 10.7. The van der Waals surface area contributed by atoms with Crippen LogP contribution in [0.2, 0.25) is 0 Å². The molecule has 1 heterocycles. The van der Waals surface area contributed by atoms with Crippen LogP contribution in [-0.4, -0.2) is 29.2 Å². The molecule has 1 atom stereocenters. The lowest BCUT2D eigenvalue weighted by atomic mass is 10.1. The van der Waals surface area contributed by atoms with Gasteiger partial charge in [-0.1, -0.05) is 42.0 Å². The lowest BCUT2D eigenvalue weighted by Gasteiger charge is -2.26. The standard InChI is InChI=1S/C13H17NO/c1-11-4-6-12(7-5-11)9-14-8-2-3-13(15)10-14/h2-7,13,15H,8-10H2,1H3/t13-/m0/s1. The van der Waals surface area contributed by atoms with Gasteiger partial charge in [0.05, 0.1) is 6.10 Å². The first kappa shape index (κ1) is 10.4. The molecule has 2 nitrogen and oxygen atoms in total. The van der Waals surface area contributed by atoms with E-state index in [-0.39, 0.29) is 6.10 Å². The van der Waals surface area contributed by atoms with Crippen LogP contribution in [0.4, 0.5) is 0 Å². The minimum atomic E-state index is -0.302. The molecular weight excluding hydrogens is 186 g/mol. The maximum atomic E-state index is 9.47. The van der Waals surface area contributed by atoms with E-state index in [1.54, 1.807) is 0 Å². The van der Waals surface area contributed by atoms with Gasteiger partial charge in [0.25, 0.3) is 0 Å². The number of aliphatic hydroxyl groups excluding tert-OH is 1. The second-order valence-electron chi connectivity index (χ2n) is 4.18. The summed E-state index contributed by atoms with van der Waals surface area (Å²) in [5.41, 5.74) is 2.60. The van der Waals surface area contributed by atoms with Crippen molar-refractivity contribution in [3.05, 3.63) is 47.5 Å². The molecule has 0 spiro atoms. The maximum absolute atomic E-state index is 9.47. The Morgan fingerprint density at radius 1 is 1.33 bits per heavy atom. The van der Waals surface area contributed by atoms with Crippen LogP contribution in [-0.2, 0) is 6.54 Å². The molecule has 2 heteroatoms. The van der Waals surface area contributed by atoms with Gasteiger partial charge in [-0.3, -0.25) is 4.90 Å². The Morgan fingerprint density at radius 2 is 2.07 bits per heavy atom. The molecule has 1 N–H and O–H groups in total. The van der Waals surface area contributed by atoms with Crippen LogP contribution in [0, 0.1) is 6.92 Å². The summed E-state index contributed by atoms with van der Waals surface area (Å²) >= 11 is 0. The Bertz CT molecular complexity index is 342. The smallest absolute Gasteiger partial charge is 0.0848 e. The Kier molecular flexibility index (Phi) is 3.19. The molecule has 1 aromatic carbocycles. The summed E-state index contributed by atoms with van der Waals surface area (Å²) in [5.74, 6) is 0. The number of rotatable bonds is 2. The summed E-state index contributed by atoms with van der Waals surface area (Å²) < 4.78 is 0. The molecule has 1 aliphatic rings. The Labute approximate surface area is 90.8 Å². The molecule has 2 rings (SSSR count). The lowest BCUT2D eigenvalue weighted by molar-refractivity contribution is 0.140. The minimum Gasteiger partial charge on any atom is -0.388 e. The van der Waals surface area contributed by atoms with Gasteiger partial charge < -0.3 is 5.11 Å². The number of aliphatic hydroxyl groups is 1. The molecule has 0 amide bonds. The van der Waals surface area contributed by atoms with Crippen LogP contribution in [0.25, 0.3) is 0 Å². The molecular formula is C13H17NO. The van der Waals surface area contributed by atoms with Gasteiger partial charge in [0.1, 0.15) is 0 Å². The van der Waals surface area contributed by atoms with Crippen LogP contribution in [0.5, 0.6) is 0 Å². The van der Waals surface area contributed by atoms with E-state index < -0.39 is 0 Å². The largest absolute Gasteiger partial charge is 0.388 e. The van der Waals surface area contributed by atoms with E-state index in [2.05, 4.69) is 36.1 Å². The summed E-state index contributed by atoms with van der Waals surface area (Å²) in [7, 11) is 0. The molecule has 80 valence electrons. The van der Waals surface area contributed by atoms with Gasteiger partial charge in [-0.15, -0.1) is 0 Å². The topological polar surface area (TPSA) is 23.5 Å². The van der Waals surface area contributed by atoms with Crippen LogP contribution in [0.15, 0.2) is 36.4 Å². The Balaban J connectivity index is 1.97. The van der Waals surface area contributed by atoms with Gasteiger partial charge in [-0.25, -0.2) is 0 Å². The van der Waals surface area contributed by atoms with Gasteiger partial charge in [0.15, 0.2) is 0 Å². The van der Waals surface area contributed by atoms with E-state index in [0.717, 1.165) is 19.6 Å². The van der Waals surface area contributed by atoms with Crippen molar-refractivity contribution >= 4 is 0 Å². The summed E-state index contributed by atoms with van der Waals surface area (Å²) in [5, 5.41) is 9.47. The van der Waals surface area contributed by atoms with Crippen LogP contribution in [0.1, 0.15) is 11.1 Å². The van der Waals surface area contributed by atoms with Crippen molar-refractivity contribution in [1.82, 2.24) is 4.90 Å². The number of β-amino-alcohol motifs (C(OH)–C–C–N with tert-alkyl or cyclic N) is 1. The predicted octanol–water partition coefficient (Wildman–Crippen LogP) is 1.73. The quantitative estimate of drug-likeness (QED) is 0.740. The average Bonchev–Trinajstić information content (AvgIpc) is 2.22. The summed E-state index contributed by atoms with van der Waals surface area (Å²) in [6.07, 6.45) is 3.60. The van der Waals surface area contributed by atoms with E-state index in [1.807, 2.05) is 12.2 Å². The van der Waals surface area contributed by atoms with Gasteiger partial charge in [-0.05, 0) is 12.5 Å². The zero-order valence-corrected chi connectivity index (χ0v) is 9.06.